The van der Waals surface area contributed by atoms with Gasteiger partial charge in [0.15, 0.2) is 26.9 Å². The lowest BCUT2D eigenvalue weighted by Gasteiger charge is -2.38. The molecule has 0 heterocycles. The number of hydrogen-bond donors (Lipinski definition) is 2. The number of rotatable bonds is 21. The number of aliphatic hydroxyl groups excluding tert-OH is 1. The van der Waals surface area contributed by atoms with Crippen LogP contribution in [0.25, 0.3) is 0 Å². The molecule has 2 atom stereocenters. The average molecular weight is 884 g/mol. The summed E-state index contributed by atoms with van der Waals surface area (Å²) in [5, 5.41) is 9.09. The van der Waals surface area contributed by atoms with Crippen molar-refractivity contribution in [1.29, 1.82) is 0 Å². The molecular weight excluding hydrogens is 801 g/mol. The fourth-order valence-corrected chi connectivity index (χ4v) is 8.15. The minimum absolute atomic E-state index is 0.0747. The quantitative estimate of drug-likeness (QED) is 0.0378. The molecule has 0 saturated heterocycles. The van der Waals surface area contributed by atoms with Crippen molar-refractivity contribution < 1.29 is 42.6 Å². The van der Waals surface area contributed by atoms with Crippen molar-refractivity contribution in [3.63, 3.8) is 0 Å². The van der Waals surface area contributed by atoms with Gasteiger partial charge in [0.25, 0.3) is 0 Å². The van der Waals surface area contributed by atoms with Gasteiger partial charge in [0, 0.05) is 42.4 Å². The van der Waals surface area contributed by atoms with Gasteiger partial charge < -0.3 is 23.4 Å². The number of carbonyl (C=O) groups is 4. The van der Waals surface area contributed by atoms with E-state index in [0.29, 0.717) is 19.6 Å². The summed E-state index contributed by atoms with van der Waals surface area (Å²) >= 11 is 4.64. The van der Waals surface area contributed by atoms with Crippen LogP contribution in [0.4, 0.5) is 0 Å². The molecule has 0 saturated carbocycles. The Hall–Kier alpha value is -0.792. The zero-order valence-electron chi connectivity index (χ0n) is 38.1. The molecule has 55 heavy (non-hydrogen) atoms. The normalized spacial score (nSPS) is 14.0. The van der Waals surface area contributed by atoms with Crippen molar-refractivity contribution >= 4 is 79.3 Å². The summed E-state index contributed by atoms with van der Waals surface area (Å²) in [6.07, 6.45) is 9.06. The van der Waals surface area contributed by atoms with E-state index in [9.17, 15) is 19.2 Å². The van der Waals surface area contributed by atoms with E-state index in [-0.39, 0.29) is 63.9 Å². The predicted octanol–water partition coefficient (Wildman–Crippen LogP) is 10.9. The molecule has 0 rings (SSSR count). The maximum absolute atomic E-state index is 12.3. The number of allylic oxidation sites excluding steroid dienone is 1. The van der Waals surface area contributed by atoms with Crippen molar-refractivity contribution in [2.24, 2.45) is 0 Å². The van der Waals surface area contributed by atoms with Gasteiger partial charge in [-0.05, 0) is 61.2 Å². The second-order valence-electron chi connectivity index (χ2n) is 19.3. The standard InChI is InChI=1S/C20H40O4SSi2.C18H38O4Si2.C2H4OS/c1-17(21)25-14-11-10-12-18(24-27(8,9)20(2,3)4)16-19(22)23-13-15-26(5,6)7;1-18(2,3)24(7,8)22-16(11-9-10-12-19)15-17(20)21-13-14-23(4,5)6;1-2(3)4/h10,12,18H,11,13-16H2,1-9H3;9,11,16,19H,10,12-15H2,1-8H3;1H3,(H,3,4)/b12-10+;11-9+;/t18-;16-;/m11./s1. The minimum Gasteiger partial charge on any atom is -0.466 e. The molecule has 0 amide bonds. The second-order valence-corrected chi connectivity index (χ2v) is 42.0. The van der Waals surface area contributed by atoms with Gasteiger partial charge in [0.2, 0.25) is 0 Å². The van der Waals surface area contributed by atoms with Crippen LogP contribution in [-0.4, -0.2) is 97.8 Å². The number of carbonyl (C=O) groups excluding carboxylic acids is 4. The lowest BCUT2D eigenvalue weighted by atomic mass is 10.2. The van der Waals surface area contributed by atoms with E-state index in [1.807, 2.05) is 24.3 Å². The summed E-state index contributed by atoms with van der Waals surface area (Å²) in [5.41, 5.74) is 0. The van der Waals surface area contributed by atoms with Crippen molar-refractivity contribution in [2.45, 2.75) is 181 Å². The van der Waals surface area contributed by atoms with E-state index in [4.69, 9.17) is 23.4 Å². The Morgan fingerprint density at radius 3 is 1.25 bits per heavy atom. The zero-order chi connectivity index (χ0) is 43.9. The molecule has 0 aliphatic heterocycles. The van der Waals surface area contributed by atoms with Crippen molar-refractivity contribution in [3.05, 3.63) is 24.3 Å². The smallest absolute Gasteiger partial charge is 0.308 e. The van der Waals surface area contributed by atoms with Crippen LogP contribution in [0.15, 0.2) is 24.3 Å². The molecule has 324 valence electrons. The Morgan fingerprint density at radius 1 is 0.655 bits per heavy atom. The van der Waals surface area contributed by atoms with E-state index in [1.165, 1.54) is 18.7 Å². The molecule has 0 fully saturated rings. The van der Waals surface area contributed by atoms with E-state index >= 15 is 0 Å². The summed E-state index contributed by atoms with van der Waals surface area (Å²) in [7, 11) is -6.37. The molecule has 0 aromatic carbocycles. The number of esters is 2. The number of thiol groups is 1. The highest BCUT2D eigenvalue weighted by atomic mass is 32.2. The van der Waals surface area contributed by atoms with Gasteiger partial charge in [-0.2, -0.15) is 0 Å². The highest BCUT2D eigenvalue weighted by Crippen LogP contribution is 2.39. The van der Waals surface area contributed by atoms with E-state index in [1.54, 1.807) is 6.92 Å². The van der Waals surface area contributed by atoms with Crippen LogP contribution in [0.3, 0.4) is 0 Å². The van der Waals surface area contributed by atoms with E-state index in [2.05, 4.69) is 120 Å². The molecule has 0 aromatic heterocycles. The Kier molecular flexibility index (Phi) is 29.6. The number of thioether (sulfide) groups is 1. The lowest BCUT2D eigenvalue weighted by Crippen LogP contribution is -2.44. The first-order chi connectivity index (χ1) is 24.7. The molecular formula is C40H82O9S2Si4. The predicted molar refractivity (Wildman–Crippen MR) is 249 cm³/mol. The Labute approximate surface area is 351 Å². The van der Waals surface area contributed by atoms with Gasteiger partial charge in [-0.1, -0.05) is 117 Å². The third-order valence-corrected chi connectivity index (χ3v) is 22.3. The molecule has 0 radical (unpaired) electrons. The van der Waals surface area contributed by atoms with Crippen molar-refractivity contribution in [3.8, 4) is 0 Å². The highest BCUT2D eigenvalue weighted by Gasteiger charge is 2.40. The Bertz CT molecular complexity index is 1180. The zero-order valence-corrected chi connectivity index (χ0v) is 43.8. The summed E-state index contributed by atoms with van der Waals surface area (Å²) < 4.78 is 23.6. The van der Waals surface area contributed by atoms with Crippen LogP contribution in [0.2, 0.25) is 87.6 Å². The van der Waals surface area contributed by atoms with Gasteiger partial charge in [-0.25, -0.2) is 0 Å². The summed E-state index contributed by atoms with van der Waals surface area (Å²) in [4.78, 5) is 44.8. The molecule has 0 bridgehead atoms. The molecule has 1 N–H and O–H groups in total. The van der Waals surface area contributed by atoms with Crippen LogP contribution < -0.4 is 0 Å². The average Bonchev–Trinajstić information content (AvgIpc) is 2.94. The van der Waals surface area contributed by atoms with Crippen LogP contribution in [0, 0.1) is 0 Å². The number of ether oxygens (including phenoxy) is 2. The molecule has 9 nitrogen and oxygen atoms in total. The van der Waals surface area contributed by atoms with Gasteiger partial charge in [-0.3, -0.25) is 19.2 Å². The van der Waals surface area contributed by atoms with Crippen LogP contribution in [-0.2, 0) is 37.5 Å². The largest absolute Gasteiger partial charge is 0.466 e. The Balaban J connectivity index is -0.000000899. The topological polar surface area (TPSA) is 125 Å². The first kappa shape index (κ1) is 58.5. The van der Waals surface area contributed by atoms with E-state index in [0.717, 1.165) is 24.3 Å². The lowest BCUT2D eigenvalue weighted by molar-refractivity contribution is -0.145. The summed E-state index contributed by atoms with van der Waals surface area (Å²) in [6, 6.07) is 1.96. The number of aliphatic hydroxyl groups is 1. The first-order valence-electron chi connectivity index (χ1n) is 19.6. The Morgan fingerprint density at radius 2 is 0.982 bits per heavy atom. The van der Waals surface area contributed by atoms with E-state index < -0.39 is 32.8 Å². The van der Waals surface area contributed by atoms with Gasteiger partial charge in [0.05, 0.1) is 38.3 Å². The fourth-order valence-electron chi connectivity index (χ4n) is 3.64. The third kappa shape index (κ3) is 36.1. The van der Waals surface area contributed by atoms with Gasteiger partial charge >= 0.3 is 11.9 Å². The van der Waals surface area contributed by atoms with Crippen molar-refractivity contribution in [2.75, 3.05) is 25.6 Å². The highest BCUT2D eigenvalue weighted by molar-refractivity contribution is 8.13. The molecule has 0 spiro atoms. The van der Waals surface area contributed by atoms with Crippen molar-refractivity contribution in [1.82, 2.24) is 0 Å². The van der Waals surface area contributed by atoms with Gasteiger partial charge in [0.1, 0.15) is 0 Å². The molecule has 0 aliphatic rings. The molecule has 15 heteroatoms. The third-order valence-electron chi connectivity index (χ3n) is 9.06. The maximum Gasteiger partial charge on any atom is 0.308 e. The molecule has 0 aliphatic carbocycles. The number of hydrogen-bond acceptors (Lipinski definition) is 10. The molecule has 0 aromatic rings. The van der Waals surface area contributed by atoms with Gasteiger partial charge in [-0.15, -0.1) is 12.6 Å². The second kappa shape index (κ2) is 27.8. The maximum atomic E-state index is 12.3. The SMILES string of the molecule is CC(=O)S.CC(=O)SCC/C=C/[C@H](CC(=O)OCC[Si](C)(C)C)O[Si](C)(C)C(C)(C)C.CC(C)(C)[Si](C)(C)O[C@H](/C=C/CCO)CC(=O)OCC[Si](C)(C)C. The summed E-state index contributed by atoms with van der Waals surface area (Å²) in [5.74, 6) is 0.351. The van der Waals surface area contributed by atoms with Crippen LogP contribution in [0.1, 0.15) is 81.1 Å². The first-order valence-corrected chi connectivity index (χ1v) is 34.3. The van der Waals surface area contributed by atoms with Crippen LogP contribution in [0.5, 0.6) is 0 Å². The summed E-state index contributed by atoms with van der Waals surface area (Å²) in [6.45, 7) is 39.5. The van der Waals surface area contributed by atoms with Crippen LogP contribution >= 0.6 is 24.4 Å². The molecule has 0 unspecified atom stereocenters. The minimum atomic E-state index is -1.99. The fraction of sp³-hybridized carbons (Fsp3) is 0.800. The monoisotopic (exact) mass is 882 g/mol.